The lowest BCUT2D eigenvalue weighted by Gasteiger charge is -2.55. The molecule has 0 amide bonds. The molecule has 28 rings (SSSR count). The lowest BCUT2D eigenvalue weighted by molar-refractivity contribution is -0.0481. The van der Waals surface area contributed by atoms with Crippen molar-refractivity contribution in [1.82, 2.24) is 57.8 Å². The van der Waals surface area contributed by atoms with Crippen LogP contribution < -0.4 is 0 Å². The first-order chi connectivity index (χ1) is 64.8. The minimum absolute atomic E-state index is 0.511. The predicted molar refractivity (Wildman–Crippen MR) is 533 cm³/mol. The number of para-hydroxylation sites is 8. The molecule has 15 heteroatoms. The quantitative estimate of drug-likeness (QED) is 0.118. The van der Waals surface area contributed by atoms with Gasteiger partial charge in [0.2, 0.25) is 0 Å². The van der Waals surface area contributed by atoms with Crippen LogP contribution in [0.4, 0.5) is 0 Å². The van der Waals surface area contributed by atoms with Gasteiger partial charge in [0.25, 0.3) is 0 Å². The molecule has 0 spiro atoms. The van der Waals surface area contributed by atoms with Gasteiger partial charge in [-0.2, -0.15) is 0 Å². The van der Waals surface area contributed by atoms with Crippen molar-refractivity contribution in [3.8, 4) is 11.6 Å². The van der Waals surface area contributed by atoms with Gasteiger partial charge in [-0.1, -0.05) is 189 Å². The smallest absolute Gasteiger partial charge is 0.177 e. The van der Waals surface area contributed by atoms with E-state index in [2.05, 4.69) is 159 Å². The number of aliphatic imine (C=N–C) groups is 2. The third-order valence-corrected chi connectivity index (χ3v) is 39.0. The fourth-order valence-corrected chi connectivity index (χ4v) is 34.2. The van der Waals surface area contributed by atoms with E-state index in [0.717, 1.165) is 184 Å². The Morgan fingerprint density at radius 1 is 0.267 bits per heavy atom. The Morgan fingerprint density at radius 2 is 0.588 bits per heavy atom. The van der Waals surface area contributed by atoms with Crippen LogP contribution in [0, 0.1) is 47.3 Å². The van der Waals surface area contributed by atoms with Crippen molar-refractivity contribution >= 4 is 61.8 Å². The maximum absolute atomic E-state index is 5.84. The Balaban J connectivity index is 0.0000000941. The SMILES string of the molecule is C1=CC(c2nc3ccccc3n2C2C[C@H]3CCC[C@@H](C2)N3C2C[C@H]3CCCC[C@@H](C2)C3)=NC1.C1=NC(c2nc3ccccc3n2C2C[C@H]3CCC[C@@H](C2)N3C2C[C@H]3CCCC[C@@H](C2)C3)=CC1.c1ccc2c(c1)nc(C1CCCC1)n2C1C[C@H]2CCC[C@@H](C1)N2C1C[C@H]2CCCC[C@@H](C1)C2.c1coc(-c2nc3ccccc3n2C2C[C@H]3CCC[C@@H](C2)N3C2C[C@H]3CCC[C@@H](C2)C3)c1. The van der Waals surface area contributed by atoms with Crippen molar-refractivity contribution in [3.63, 3.8) is 0 Å². The van der Waals surface area contributed by atoms with Gasteiger partial charge in [0.05, 0.1) is 56.9 Å². The predicted octanol–water partition coefficient (Wildman–Crippen LogP) is 27.5. The molecule has 17 fully saturated rings. The number of fused-ring (bicyclic) bond motifs is 20. The number of allylic oxidation sites excluding steroid dienone is 2. The van der Waals surface area contributed by atoms with Gasteiger partial charge in [0, 0.05) is 115 Å². The van der Waals surface area contributed by atoms with E-state index in [1.54, 1.807) is 12.7 Å². The Kier molecular flexibility index (Phi) is 24.5. The van der Waals surface area contributed by atoms with Gasteiger partial charge >= 0.3 is 0 Å². The number of hydrogen-bond donors (Lipinski definition) is 0. The number of rotatable bonds is 12. The third-order valence-electron chi connectivity index (χ3n) is 39.0. The molecule has 19 aliphatic rings. The molecule has 9 aromatic rings. The van der Waals surface area contributed by atoms with Crippen LogP contribution in [0.1, 0.15) is 381 Å². The van der Waals surface area contributed by atoms with Crippen molar-refractivity contribution in [3.05, 3.63) is 151 Å². The minimum Gasteiger partial charge on any atom is -0.461 e. The lowest BCUT2D eigenvalue weighted by Crippen LogP contribution is -2.58. The average molecular weight is 1760 g/mol. The molecule has 0 N–H and O–H groups in total. The van der Waals surface area contributed by atoms with Gasteiger partial charge in [0.15, 0.2) is 23.2 Å². The van der Waals surface area contributed by atoms with Crippen molar-refractivity contribution in [2.24, 2.45) is 57.3 Å². The van der Waals surface area contributed by atoms with Gasteiger partial charge in [0.1, 0.15) is 17.2 Å². The highest BCUT2D eigenvalue weighted by Gasteiger charge is 2.52. The standard InChI is InChI=1S/C30H43N3.2C29H38N4.C28H35N3O/c1-2-9-22-16-21(8-1)17-26(18-22)32-24-12-7-13-25(32)20-27(19-24)33-29-15-6-5-14-28(29)31-30(33)23-10-3-4-11-23;2*1-2-8-21-15-20(7-1)16-24(17-21)32-22-9-5-10-23(32)19-25(18-22)33-28-13-4-3-11-26(28)31-29(33)27-12-6-14-30-27;1-2-11-26-25(10-1)29-28(27-12-5-13-32-27)31(26)24-17-21-8-4-9-22(18-24)30(21)23-15-19-6-3-7-20(14-19)16-23/h5-6,14-15,21-27H,1-4,7-13,16-20H2;3-4,11-14,20-25H,1-2,5-10,15-19H2;3-4,6,11-13,20-25H,1-2,5,7-10,14-19H2;1-2,5,10-13,19-24H,3-4,6-9,14-18H2/t21-,22+,24-,25+,26?,27?;2*20-,21+,22-,23+,24?,25?;19-,20+,21-,22+,23?,24?. The summed E-state index contributed by atoms with van der Waals surface area (Å²) in [5, 5.41) is 0. The molecule has 24 atom stereocenters. The summed E-state index contributed by atoms with van der Waals surface area (Å²) in [6, 6.07) is 51.0. The van der Waals surface area contributed by atoms with Crippen molar-refractivity contribution in [2.45, 2.75) is 436 Å². The van der Waals surface area contributed by atoms with Gasteiger partial charge in [-0.3, -0.25) is 29.6 Å². The Labute approximate surface area is 782 Å². The summed E-state index contributed by atoms with van der Waals surface area (Å²) in [6.07, 6.45) is 84.5. The third kappa shape index (κ3) is 17.1. The number of hydrogen-bond acceptors (Lipinski definition) is 11. The topological polar surface area (TPSA) is 122 Å². The fraction of sp³-hybridized carbons (Fsp3) is 0.672. The number of benzene rings is 4. The molecule has 9 aliphatic carbocycles. The number of furan rings is 1. The molecule has 16 bridgehead atoms. The maximum Gasteiger partial charge on any atom is 0.177 e. The molecule has 8 saturated heterocycles. The van der Waals surface area contributed by atoms with Crippen molar-refractivity contribution in [1.29, 1.82) is 0 Å². The normalized spacial score (nSPS) is 36.6. The largest absolute Gasteiger partial charge is 0.461 e. The molecule has 9 saturated carbocycles. The second-order valence-electron chi connectivity index (χ2n) is 46.8. The lowest BCUT2D eigenvalue weighted by atomic mass is 9.68. The van der Waals surface area contributed by atoms with Crippen molar-refractivity contribution in [2.75, 3.05) is 6.54 Å². The second-order valence-corrected chi connectivity index (χ2v) is 46.8. The Morgan fingerprint density at radius 3 is 0.947 bits per heavy atom. The van der Waals surface area contributed by atoms with E-state index >= 15 is 0 Å². The van der Waals surface area contributed by atoms with E-state index < -0.39 is 0 Å². The van der Waals surface area contributed by atoms with Crippen LogP contribution >= 0.6 is 0 Å². The second kappa shape index (κ2) is 37.7. The van der Waals surface area contributed by atoms with Gasteiger partial charge in [-0.15, -0.1) is 0 Å². The van der Waals surface area contributed by atoms with Crippen LogP contribution in [0.5, 0.6) is 0 Å². The first kappa shape index (κ1) is 85.4. The molecular weight excluding hydrogens is 1610 g/mol. The number of imidazole rings is 4. The monoisotopic (exact) mass is 1760 g/mol. The van der Waals surface area contributed by atoms with E-state index in [9.17, 15) is 0 Å². The Hall–Kier alpha value is -7.30. The molecule has 8 unspecified atom stereocenters. The summed E-state index contributed by atoms with van der Waals surface area (Å²) in [7, 11) is 0. The van der Waals surface area contributed by atoms with Crippen molar-refractivity contribution < 1.29 is 4.42 Å². The first-order valence-corrected chi connectivity index (χ1v) is 55.3. The molecule has 15 nitrogen and oxygen atoms in total. The molecule has 0 radical (unpaired) electrons. The molecule has 4 aromatic carbocycles. The molecule has 5 aromatic heterocycles. The van der Waals surface area contributed by atoms with E-state index in [0.29, 0.717) is 30.1 Å². The number of nitrogens with zero attached hydrogens (tertiary/aromatic N) is 14. The molecule has 15 heterocycles. The van der Waals surface area contributed by atoms with E-state index in [-0.39, 0.29) is 0 Å². The highest BCUT2D eigenvalue weighted by atomic mass is 16.3. The minimum atomic E-state index is 0.511. The van der Waals surface area contributed by atoms with Crippen LogP contribution in [0.3, 0.4) is 0 Å². The summed E-state index contributed by atoms with van der Waals surface area (Å²) < 4.78 is 16.3. The number of piperidine rings is 8. The molecule has 131 heavy (non-hydrogen) atoms. The van der Waals surface area contributed by atoms with E-state index in [1.807, 2.05) is 12.3 Å². The fourth-order valence-electron chi connectivity index (χ4n) is 34.2. The van der Waals surface area contributed by atoms with Crippen LogP contribution in [0.15, 0.2) is 148 Å². The molecule has 10 aliphatic heterocycles. The van der Waals surface area contributed by atoms with Gasteiger partial charge in [-0.25, -0.2) is 19.9 Å². The molecular formula is C116H154N14O. The van der Waals surface area contributed by atoms with Gasteiger partial charge in [-0.05, 0) is 313 Å². The van der Waals surface area contributed by atoms with E-state index in [1.165, 1.54) is 354 Å². The zero-order chi connectivity index (χ0) is 86.4. The highest BCUT2D eigenvalue weighted by Crippen LogP contribution is 2.56. The Bertz CT molecular complexity index is 5290. The summed E-state index contributed by atoms with van der Waals surface area (Å²) in [6.45, 7) is 0.798. The summed E-state index contributed by atoms with van der Waals surface area (Å²) in [5.41, 5.74) is 12.0. The molecule has 694 valence electrons. The number of aromatic nitrogens is 8. The first-order valence-electron chi connectivity index (χ1n) is 55.3. The zero-order valence-corrected chi connectivity index (χ0v) is 79.4. The highest BCUT2D eigenvalue weighted by molar-refractivity contribution is 6.09. The zero-order valence-electron chi connectivity index (χ0n) is 79.4. The summed E-state index contributed by atoms with van der Waals surface area (Å²) >= 11 is 0. The maximum atomic E-state index is 5.84. The van der Waals surface area contributed by atoms with Crippen LogP contribution in [0.25, 0.3) is 61.4 Å². The van der Waals surface area contributed by atoms with Crippen LogP contribution in [-0.2, 0) is 0 Å². The summed E-state index contributed by atoms with van der Waals surface area (Å²) in [5.74, 6) is 14.3. The van der Waals surface area contributed by atoms with Crippen LogP contribution in [0.2, 0.25) is 0 Å². The average Bonchev–Trinajstić information content (AvgIpc) is 1.64. The van der Waals surface area contributed by atoms with Gasteiger partial charge < -0.3 is 22.7 Å². The van der Waals surface area contributed by atoms with E-state index in [4.69, 9.17) is 34.3 Å². The summed E-state index contributed by atoms with van der Waals surface area (Å²) in [4.78, 5) is 42.3. The van der Waals surface area contributed by atoms with Crippen LogP contribution in [-0.4, -0.2) is 149 Å².